The lowest BCUT2D eigenvalue weighted by atomic mass is 10.2. The first-order valence-corrected chi connectivity index (χ1v) is 6.79. The predicted molar refractivity (Wildman–Crippen MR) is 83.9 cm³/mol. The third-order valence-corrected chi connectivity index (χ3v) is 3.40. The molecule has 5 nitrogen and oxygen atoms in total. The number of nitrogens with two attached hydrogens (primary N) is 1. The Morgan fingerprint density at radius 1 is 1.10 bits per heavy atom. The van der Waals surface area contributed by atoms with E-state index in [1.54, 1.807) is 12.3 Å². The largest absolute Gasteiger partial charge is 0.435 e. The van der Waals surface area contributed by atoms with Crippen LogP contribution in [0.4, 0.5) is 5.82 Å². The Balaban J connectivity index is 2.07. The maximum atomic E-state index is 6.10. The van der Waals surface area contributed by atoms with Crippen LogP contribution in [0.5, 0.6) is 11.6 Å². The van der Waals surface area contributed by atoms with E-state index in [1.165, 1.54) is 6.07 Å². The molecule has 0 aliphatic rings. The molecule has 0 aliphatic carbocycles. The van der Waals surface area contributed by atoms with E-state index in [1.807, 2.05) is 24.3 Å². The standard InChI is InChI=1S/C14H10Cl2N4O/c15-9-7-10(16)14(19-13(9)20-17)21-11-5-1-3-8-4-2-6-18-12(8)11/h1-7H,17H2,(H,19,20). The second kappa shape index (κ2) is 5.73. The zero-order valence-electron chi connectivity index (χ0n) is 10.7. The molecule has 3 N–H and O–H groups in total. The first kappa shape index (κ1) is 13.9. The lowest BCUT2D eigenvalue weighted by molar-refractivity contribution is 0.468. The third kappa shape index (κ3) is 2.71. The van der Waals surface area contributed by atoms with Crippen LogP contribution in [0.25, 0.3) is 10.9 Å². The Bertz CT molecular complexity index is 805. The topological polar surface area (TPSA) is 73.1 Å². The number of anilines is 1. The number of halogens is 2. The fourth-order valence-corrected chi connectivity index (χ4v) is 2.34. The summed E-state index contributed by atoms with van der Waals surface area (Å²) in [5.41, 5.74) is 3.11. The van der Waals surface area contributed by atoms with Gasteiger partial charge in [0.25, 0.3) is 0 Å². The summed E-state index contributed by atoms with van der Waals surface area (Å²) in [6.45, 7) is 0. The van der Waals surface area contributed by atoms with Gasteiger partial charge in [-0.25, -0.2) is 5.84 Å². The number of fused-ring (bicyclic) bond motifs is 1. The number of nitrogen functional groups attached to an aromatic ring is 1. The highest BCUT2D eigenvalue weighted by Crippen LogP contribution is 2.35. The van der Waals surface area contributed by atoms with Crippen LogP contribution in [-0.4, -0.2) is 9.97 Å². The van der Waals surface area contributed by atoms with Gasteiger partial charge in [-0.05, 0) is 18.2 Å². The lowest BCUT2D eigenvalue weighted by Gasteiger charge is -2.11. The summed E-state index contributed by atoms with van der Waals surface area (Å²) in [7, 11) is 0. The molecule has 0 saturated heterocycles. The van der Waals surface area contributed by atoms with E-state index in [-0.39, 0.29) is 16.7 Å². The van der Waals surface area contributed by atoms with Crippen LogP contribution in [0.2, 0.25) is 10.0 Å². The third-order valence-electron chi connectivity index (χ3n) is 2.84. The minimum absolute atomic E-state index is 0.201. The second-order valence-corrected chi connectivity index (χ2v) is 5.00. The number of nitrogens with zero attached hydrogens (tertiary/aromatic N) is 2. The fraction of sp³-hybridized carbons (Fsp3) is 0. The Labute approximate surface area is 130 Å². The molecule has 0 atom stereocenters. The van der Waals surface area contributed by atoms with Crippen LogP contribution in [-0.2, 0) is 0 Å². The van der Waals surface area contributed by atoms with Crippen molar-refractivity contribution < 1.29 is 4.74 Å². The van der Waals surface area contributed by atoms with E-state index in [2.05, 4.69) is 15.4 Å². The van der Waals surface area contributed by atoms with E-state index in [4.69, 9.17) is 33.8 Å². The van der Waals surface area contributed by atoms with Gasteiger partial charge in [-0.3, -0.25) is 4.98 Å². The van der Waals surface area contributed by atoms with Gasteiger partial charge in [0, 0.05) is 11.6 Å². The predicted octanol–water partition coefficient (Wildman–Crippen LogP) is 4.01. The van der Waals surface area contributed by atoms with Gasteiger partial charge in [0.15, 0.2) is 11.6 Å². The van der Waals surface area contributed by atoms with Crippen LogP contribution in [0, 0.1) is 0 Å². The minimum atomic E-state index is 0.201. The number of aromatic nitrogens is 2. The Kier molecular flexibility index (Phi) is 3.79. The molecule has 3 rings (SSSR count). The smallest absolute Gasteiger partial charge is 0.240 e. The van der Waals surface area contributed by atoms with Gasteiger partial charge in [-0.15, -0.1) is 0 Å². The molecule has 0 radical (unpaired) electrons. The van der Waals surface area contributed by atoms with Gasteiger partial charge in [0.1, 0.15) is 10.5 Å². The number of rotatable bonds is 3. The van der Waals surface area contributed by atoms with Gasteiger partial charge in [0.05, 0.1) is 5.02 Å². The van der Waals surface area contributed by atoms with E-state index >= 15 is 0 Å². The highest BCUT2D eigenvalue weighted by atomic mass is 35.5. The van der Waals surface area contributed by atoms with Gasteiger partial charge >= 0.3 is 0 Å². The van der Waals surface area contributed by atoms with Crippen LogP contribution in [0.1, 0.15) is 0 Å². The summed E-state index contributed by atoms with van der Waals surface area (Å²) in [6, 6.07) is 10.9. The van der Waals surface area contributed by atoms with Crippen LogP contribution < -0.4 is 16.0 Å². The van der Waals surface area contributed by atoms with E-state index < -0.39 is 0 Å². The number of pyridine rings is 2. The van der Waals surface area contributed by atoms with Crippen molar-refractivity contribution in [3.8, 4) is 11.6 Å². The molecular weight excluding hydrogens is 311 g/mol. The summed E-state index contributed by atoms with van der Waals surface area (Å²) in [4.78, 5) is 8.45. The number of nitrogens with one attached hydrogen (secondary N) is 1. The Morgan fingerprint density at radius 2 is 1.90 bits per heavy atom. The molecule has 0 bridgehead atoms. The number of para-hydroxylation sites is 1. The van der Waals surface area contributed by atoms with Crippen LogP contribution in [0.3, 0.4) is 0 Å². The van der Waals surface area contributed by atoms with E-state index in [9.17, 15) is 0 Å². The molecule has 1 aromatic carbocycles. The SMILES string of the molecule is NNc1nc(Oc2cccc3cccnc23)c(Cl)cc1Cl. The molecule has 0 saturated carbocycles. The van der Waals surface area contributed by atoms with Crippen LogP contribution in [0.15, 0.2) is 42.6 Å². The molecule has 0 aliphatic heterocycles. The fourth-order valence-electron chi connectivity index (χ4n) is 1.89. The van der Waals surface area contributed by atoms with E-state index in [0.29, 0.717) is 10.8 Å². The van der Waals surface area contributed by atoms with Crippen LogP contribution >= 0.6 is 23.2 Å². The first-order valence-electron chi connectivity index (χ1n) is 6.03. The first-order chi connectivity index (χ1) is 10.2. The number of hydrogen-bond donors (Lipinski definition) is 2. The number of hydrazine groups is 1. The normalized spacial score (nSPS) is 10.6. The van der Waals surface area contributed by atoms with Gasteiger partial charge in [-0.2, -0.15) is 4.98 Å². The monoisotopic (exact) mass is 320 g/mol. The summed E-state index contributed by atoms with van der Waals surface area (Å²) in [5, 5.41) is 1.55. The zero-order chi connectivity index (χ0) is 14.8. The molecule has 3 aromatic rings. The van der Waals surface area contributed by atoms with Crippen molar-refractivity contribution >= 4 is 39.9 Å². The average Bonchev–Trinajstić information content (AvgIpc) is 2.50. The number of ether oxygens (including phenoxy) is 1. The number of benzene rings is 1. The van der Waals surface area contributed by atoms with Crippen molar-refractivity contribution in [2.75, 3.05) is 5.43 Å². The van der Waals surface area contributed by atoms with Crippen molar-refractivity contribution in [2.45, 2.75) is 0 Å². The van der Waals surface area contributed by atoms with Gasteiger partial charge < -0.3 is 10.2 Å². The maximum absolute atomic E-state index is 6.10. The summed E-state index contributed by atoms with van der Waals surface area (Å²) < 4.78 is 5.76. The van der Waals surface area contributed by atoms with Crippen molar-refractivity contribution in [1.82, 2.24) is 9.97 Å². The molecule has 2 heterocycles. The second-order valence-electron chi connectivity index (χ2n) is 4.18. The Morgan fingerprint density at radius 3 is 2.71 bits per heavy atom. The van der Waals surface area contributed by atoms with E-state index in [0.717, 1.165) is 10.9 Å². The Hall–Kier alpha value is -2.08. The van der Waals surface area contributed by atoms with Gasteiger partial charge in [-0.1, -0.05) is 41.4 Å². The van der Waals surface area contributed by atoms with Crippen molar-refractivity contribution in [3.05, 3.63) is 52.6 Å². The highest BCUT2D eigenvalue weighted by molar-refractivity contribution is 6.36. The summed E-state index contributed by atoms with van der Waals surface area (Å²) >= 11 is 12.0. The van der Waals surface area contributed by atoms with Gasteiger partial charge in [0.2, 0.25) is 5.88 Å². The minimum Gasteiger partial charge on any atom is -0.435 e. The average molecular weight is 321 g/mol. The molecule has 7 heteroatoms. The van der Waals surface area contributed by atoms with Crippen molar-refractivity contribution in [2.24, 2.45) is 5.84 Å². The quantitative estimate of drug-likeness (QED) is 0.563. The molecule has 106 valence electrons. The maximum Gasteiger partial charge on any atom is 0.240 e. The lowest BCUT2D eigenvalue weighted by Crippen LogP contribution is -2.09. The molecule has 0 unspecified atom stereocenters. The summed E-state index contributed by atoms with van der Waals surface area (Å²) in [5.74, 6) is 6.38. The molecule has 0 spiro atoms. The molecular formula is C14H10Cl2N4O. The zero-order valence-corrected chi connectivity index (χ0v) is 12.2. The molecule has 2 aromatic heterocycles. The summed E-state index contributed by atoms with van der Waals surface area (Å²) in [6.07, 6.45) is 1.69. The molecule has 0 fully saturated rings. The number of hydrogen-bond acceptors (Lipinski definition) is 5. The molecule has 21 heavy (non-hydrogen) atoms. The molecule has 0 amide bonds. The van der Waals surface area contributed by atoms with Crippen molar-refractivity contribution in [3.63, 3.8) is 0 Å². The highest BCUT2D eigenvalue weighted by Gasteiger charge is 2.12. The van der Waals surface area contributed by atoms with Crippen molar-refractivity contribution in [1.29, 1.82) is 0 Å².